The average molecular weight is 569 g/mol. The first kappa shape index (κ1) is 35.3. The third-order valence-corrected chi connectivity index (χ3v) is 8.52. The van der Waals surface area contributed by atoms with Crippen LogP contribution < -0.4 is 0 Å². The summed E-state index contributed by atoms with van der Waals surface area (Å²) in [6, 6.07) is 0. The summed E-state index contributed by atoms with van der Waals surface area (Å²) in [6.45, 7) is 19.8. The van der Waals surface area contributed by atoms with Gasteiger partial charge >= 0.3 is 0 Å². The number of aliphatic hydroxyl groups is 2. The van der Waals surface area contributed by atoms with Gasteiger partial charge < -0.3 is 10.2 Å². The van der Waals surface area contributed by atoms with Crippen molar-refractivity contribution < 1.29 is 10.2 Å². The van der Waals surface area contributed by atoms with Gasteiger partial charge in [-0.05, 0) is 88.2 Å². The highest BCUT2D eigenvalue weighted by Crippen LogP contribution is 2.41. The lowest BCUT2D eigenvalue weighted by molar-refractivity contribution is 0.116. The smallest absolute Gasteiger partial charge is 0.0644 e. The minimum absolute atomic E-state index is 0.00292. The van der Waals surface area contributed by atoms with E-state index in [9.17, 15) is 10.2 Å². The van der Waals surface area contributed by atoms with Gasteiger partial charge in [-0.3, -0.25) is 0 Å². The zero-order chi connectivity index (χ0) is 31.3. The molecule has 0 saturated heterocycles. The van der Waals surface area contributed by atoms with Crippen molar-refractivity contribution in [1.82, 2.24) is 0 Å². The van der Waals surface area contributed by atoms with Crippen LogP contribution >= 0.6 is 0 Å². The predicted molar refractivity (Wildman–Crippen MR) is 184 cm³/mol. The van der Waals surface area contributed by atoms with Crippen LogP contribution in [0.3, 0.4) is 0 Å². The van der Waals surface area contributed by atoms with Crippen molar-refractivity contribution in [1.29, 1.82) is 0 Å². The van der Waals surface area contributed by atoms with Crippen molar-refractivity contribution in [3.8, 4) is 0 Å². The van der Waals surface area contributed by atoms with E-state index in [4.69, 9.17) is 0 Å². The molecule has 2 rings (SSSR count). The Bertz CT molecular complexity index is 1260. The maximum absolute atomic E-state index is 10.1. The van der Waals surface area contributed by atoms with E-state index in [2.05, 4.69) is 147 Å². The van der Waals surface area contributed by atoms with Crippen molar-refractivity contribution in [3.05, 3.63) is 130 Å². The molecule has 2 N–H and O–H groups in total. The fraction of sp³-hybridized carbons (Fsp3) is 0.450. The zero-order valence-electron chi connectivity index (χ0n) is 27.7. The number of aliphatic hydroxyl groups excluding tert-OH is 2. The first-order chi connectivity index (χ1) is 19.7. The fourth-order valence-electron chi connectivity index (χ4n) is 6.08. The molecule has 2 aliphatic rings. The number of allylic oxidation sites excluding steroid dienone is 20. The zero-order valence-corrected chi connectivity index (χ0v) is 27.7. The molecule has 0 amide bonds. The summed E-state index contributed by atoms with van der Waals surface area (Å²) in [5.41, 5.74) is 8.83. The van der Waals surface area contributed by atoms with E-state index in [1.54, 1.807) is 0 Å². The maximum Gasteiger partial charge on any atom is 0.0644 e. The first-order valence-electron chi connectivity index (χ1n) is 15.5. The second-order valence-electron chi connectivity index (χ2n) is 13.5. The molecule has 0 aromatic heterocycles. The highest BCUT2D eigenvalue weighted by molar-refractivity contribution is 5.38. The molecule has 0 heterocycles. The Morgan fingerprint density at radius 3 is 2.00 bits per heavy atom. The largest absolute Gasteiger partial charge is 0.393 e. The average Bonchev–Trinajstić information content (AvgIpc) is 2.88. The van der Waals surface area contributed by atoms with Gasteiger partial charge in [0.25, 0.3) is 0 Å². The Kier molecular flexibility index (Phi) is 14.0. The van der Waals surface area contributed by atoms with Crippen LogP contribution in [0.4, 0.5) is 0 Å². The third kappa shape index (κ3) is 11.7. The van der Waals surface area contributed by atoms with E-state index in [0.29, 0.717) is 5.92 Å². The summed E-state index contributed by atoms with van der Waals surface area (Å²) >= 11 is 0. The van der Waals surface area contributed by atoms with E-state index in [1.807, 2.05) is 6.08 Å². The Hall–Kier alpha value is -2.94. The lowest BCUT2D eigenvalue weighted by atomic mass is 9.70. The summed E-state index contributed by atoms with van der Waals surface area (Å²) in [5, 5.41) is 20.0. The van der Waals surface area contributed by atoms with Crippen LogP contribution in [0.25, 0.3) is 0 Å². The quantitative estimate of drug-likeness (QED) is 0.230. The van der Waals surface area contributed by atoms with E-state index in [0.717, 1.165) is 36.8 Å². The van der Waals surface area contributed by atoms with Crippen LogP contribution in [0.5, 0.6) is 0 Å². The molecule has 0 unspecified atom stereocenters. The summed E-state index contributed by atoms with van der Waals surface area (Å²) in [6.07, 6.45) is 35.2. The van der Waals surface area contributed by atoms with Crippen molar-refractivity contribution in [2.75, 3.05) is 6.61 Å². The van der Waals surface area contributed by atoms with E-state index >= 15 is 0 Å². The minimum atomic E-state index is -0.228. The molecule has 2 aliphatic carbocycles. The van der Waals surface area contributed by atoms with Gasteiger partial charge in [0.2, 0.25) is 0 Å². The molecule has 0 saturated carbocycles. The SMILES string of the molecule is CC1=CC=CC(C)(C)[C@H]1CC/C(=C/C=C/C(C)=C/C=C/C=C(C)/C=C/C=C(C)/C=C/C1=C(C)C[C@@H](O)CC1(C)C)CO. The molecular weight excluding hydrogens is 512 g/mol. The monoisotopic (exact) mass is 568 g/mol. The Morgan fingerprint density at radius 2 is 1.43 bits per heavy atom. The van der Waals surface area contributed by atoms with Crippen molar-refractivity contribution in [2.24, 2.45) is 16.7 Å². The molecule has 2 nitrogen and oxygen atoms in total. The van der Waals surface area contributed by atoms with E-state index in [1.165, 1.54) is 27.9 Å². The van der Waals surface area contributed by atoms with Gasteiger partial charge in [-0.1, -0.05) is 147 Å². The second-order valence-corrected chi connectivity index (χ2v) is 13.5. The molecule has 228 valence electrons. The Morgan fingerprint density at radius 1 is 0.857 bits per heavy atom. The third-order valence-electron chi connectivity index (χ3n) is 8.52. The summed E-state index contributed by atoms with van der Waals surface area (Å²) in [5.74, 6) is 0.508. The van der Waals surface area contributed by atoms with Crippen molar-refractivity contribution >= 4 is 0 Å². The van der Waals surface area contributed by atoms with Gasteiger partial charge in [-0.25, -0.2) is 0 Å². The molecule has 0 bridgehead atoms. The lowest BCUT2D eigenvalue weighted by Gasteiger charge is -2.35. The van der Waals surface area contributed by atoms with E-state index in [-0.39, 0.29) is 23.5 Å². The standard InChI is InChI=1S/C40H56O2/c1-30(17-12-18-32(3)22-24-38-34(5)27-36(42)28-40(38,8)9)15-10-11-16-31(2)19-13-21-35(29-41)23-25-37-33(4)20-14-26-39(37,6)7/h10-22,24,26,36-37,41-42H,23,25,27-29H2,1-9H3/b11-10+,17-12+,19-13+,24-22+,30-15+,31-16+,32-18+,35-21-/t36-,37+/m1/s1. The van der Waals surface area contributed by atoms with Gasteiger partial charge in [-0.15, -0.1) is 0 Å². The Labute approximate surface area is 257 Å². The van der Waals surface area contributed by atoms with Crippen LogP contribution in [-0.4, -0.2) is 22.9 Å². The molecule has 0 aromatic rings. The van der Waals surface area contributed by atoms with Gasteiger partial charge in [0.15, 0.2) is 0 Å². The van der Waals surface area contributed by atoms with Crippen molar-refractivity contribution in [2.45, 2.75) is 94.1 Å². The van der Waals surface area contributed by atoms with Gasteiger partial charge in [0.1, 0.15) is 0 Å². The van der Waals surface area contributed by atoms with Crippen LogP contribution in [0, 0.1) is 16.7 Å². The molecule has 2 heteroatoms. The maximum atomic E-state index is 10.1. The Balaban J connectivity index is 1.88. The molecule has 0 radical (unpaired) electrons. The van der Waals surface area contributed by atoms with Gasteiger partial charge in [0.05, 0.1) is 12.7 Å². The number of hydrogen-bond donors (Lipinski definition) is 2. The molecule has 0 spiro atoms. The van der Waals surface area contributed by atoms with E-state index < -0.39 is 0 Å². The molecule has 42 heavy (non-hydrogen) atoms. The summed E-state index contributed by atoms with van der Waals surface area (Å²) in [7, 11) is 0. The van der Waals surface area contributed by atoms with Crippen molar-refractivity contribution in [3.63, 3.8) is 0 Å². The number of hydrogen-bond acceptors (Lipinski definition) is 2. The van der Waals surface area contributed by atoms with Gasteiger partial charge in [-0.2, -0.15) is 0 Å². The predicted octanol–water partition coefficient (Wildman–Crippen LogP) is 10.4. The lowest BCUT2D eigenvalue weighted by Crippen LogP contribution is -2.28. The molecule has 0 aliphatic heterocycles. The first-order valence-corrected chi connectivity index (χ1v) is 15.5. The summed E-state index contributed by atoms with van der Waals surface area (Å²) in [4.78, 5) is 0. The summed E-state index contributed by atoms with van der Waals surface area (Å²) < 4.78 is 0. The normalized spacial score (nSPS) is 24.2. The number of rotatable bonds is 12. The second kappa shape index (κ2) is 16.6. The van der Waals surface area contributed by atoms with Crippen LogP contribution in [0.1, 0.15) is 88.0 Å². The van der Waals surface area contributed by atoms with Crippen LogP contribution in [0.15, 0.2) is 130 Å². The molecule has 0 aromatic carbocycles. The highest BCUT2D eigenvalue weighted by atomic mass is 16.3. The van der Waals surface area contributed by atoms with Gasteiger partial charge in [0, 0.05) is 0 Å². The molecule has 0 fully saturated rings. The highest BCUT2D eigenvalue weighted by Gasteiger charge is 2.31. The van der Waals surface area contributed by atoms with Crippen LogP contribution in [-0.2, 0) is 0 Å². The molecule has 2 atom stereocenters. The topological polar surface area (TPSA) is 40.5 Å². The molecular formula is C40H56O2. The minimum Gasteiger partial charge on any atom is -0.393 e. The van der Waals surface area contributed by atoms with Crippen LogP contribution in [0.2, 0.25) is 0 Å². The fourth-order valence-corrected chi connectivity index (χ4v) is 6.08.